The Morgan fingerprint density at radius 2 is 1.92 bits per heavy atom. The van der Waals surface area contributed by atoms with Crippen LogP contribution >= 0.6 is 11.3 Å². The lowest BCUT2D eigenvalue weighted by molar-refractivity contribution is -0.139. The predicted octanol–water partition coefficient (Wildman–Crippen LogP) is 2.91. The van der Waals surface area contributed by atoms with Crippen LogP contribution in [0, 0.1) is 0 Å². The van der Waals surface area contributed by atoms with Crippen molar-refractivity contribution in [3.05, 3.63) is 107 Å². The number of aromatic nitrogens is 1. The topological polar surface area (TPSA) is 100 Å². The normalized spacial score (nSPS) is 15.5. The third-order valence-electron chi connectivity index (χ3n) is 5.94. The molecule has 5 rings (SSSR count). The first-order chi connectivity index (χ1) is 17.4. The van der Waals surface area contributed by atoms with E-state index in [4.69, 9.17) is 13.9 Å². The van der Waals surface area contributed by atoms with Gasteiger partial charge >= 0.3 is 5.97 Å². The molecular formula is C27H22N2O6S. The van der Waals surface area contributed by atoms with Gasteiger partial charge in [0.05, 0.1) is 46.5 Å². The number of allylic oxidation sites excluding steroid dienone is 1. The van der Waals surface area contributed by atoms with E-state index in [1.54, 1.807) is 69.5 Å². The summed E-state index contributed by atoms with van der Waals surface area (Å²) in [6.45, 7) is 3.63. The van der Waals surface area contributed by atoms with Crippen molar-refractivity contribution < 1.29 is 18.7 Å². The molecule has 4 aromatic rings. The molecule has 1 aliphatic rings. The molecule has 0 bridgehead atoms. The average molecular weight is 503 g/mol. The van der Waals surface area contributed by atoms with Crippen LogP contribution in [0.2, 0.25) is 0 Å². The Labute approximate surface area is 209 Å². The van der Waals surface area contributed by atoms with Crippen molar-refractivity contribution in [3.63, 3.8) is 0 Å². The molecule has 0 saturated heterocycles. The Morgan fingerprint density at radius 3 is 2.64 bits per heavy atom. The number of esters is 1. The minimum absolute atomic E-state index is 0.188. The van der Waals surface area contributed by atoms with Crippen LogP contribution in [0.25, 0.3) is 17.0 Å². The van der Waals surface area contributed by atoms with Crippen LogP contribution in [0.3, 0.4) is 0 Å². The van der Waals surface area contributed by atoms with E-state index in [2.05, 4.69) is 4.99 Å². The largest absolute Gasteiger partial charge is 0.497 e. The lowest BCUT2D eigenvalue weighted by Crippen LogP contribution is -2.40. The maximum Gasteiger partial charge on any atom is 0.338 e. The highest BCUT2D eigenvalue weighted by Gasteiger charge is 2.33. The first-order valence-electron chi connectivity index (χ1n) is 11.3. The van der Waals surface area contributed by atoms with Gasteiger partial charge in [0, 0.05) is 0 Å². The molecule has 0 saturated carbocycles. The molecule has 8 nitrogen and oxygen atoms in total. The Kier molecular flexibility index (Phi) is 6.15. The van der Waals surface area contributed by atoms with Crippen molar-refractivity contribution in [3.8, 4) is 5.75 Å². The van der Waals surface area contributed by atoms with Gasteiger partial charge in [-0.05, 0) is 49.8 Å². The van der Waals surface area contributed by atoms with Crippen molar-refractivity contribution in [2.45, 2.75) is 19.9 Å². The van der Waals surface area contributed by atoms with Crippen molar-refractivity contribution in [1.82, 2.24) is 4.57 Å². The fraction of sp³-hybridized carbons (Fsp3) is 0.185. The number of hydrogen-bond acceptors (Lipinski definition) is 8. The van der Waals surface area contributed by atoms with E-state index in [9.17, 15) is 14.4 Å². The minimum Gasteiger partial charge on any atom is -0.497 e. The van der Waals surface area contributed by atoms with Gasteiger partial charge in [0.1, 0.15) is 17.6 Å². The summed E-state index contributed by atoms with van der Waals surface area (Å²) in [7, 11) is 1.57. The molecule has 2 aromatic heterocycles. The smallest absolute Gasteiger partial charge is 0.338 e. The predicted molar refractivity (Wildman–Crippen MR) is 136 cm³/mol. The number of carbonyl (C=O) groups is 1. The number of thiazole rings is 1. The summed E-state index contributed by atoms with van der Waals surface area (Å²) in [5.74, 6) is 0.108. The fourth-order valence-electron chi connectivity index (χ4n) is 4.23. The second-order valence-electron chi connectivity index (χ2n) is 8.09. The molecule has 1 atom stereocenters. The Bertz CT molecular complexity index is 1760. The molecule has 1 aliphatic heterocycles. The van der Waals surface area contributed by atoms with Crippen LogP contribution in [-0.4, -0.2) is 24.3 Å². The van der Waals surface area contributed by atoms with Crippen LogP contribution in [0.1, 0.15) is 31.0 Å². The van der Waals surface area contributed by atoms with E-state index < -0.39 is 12.0 Å². The summed E-state index contributed by atoms with van der Waals surface area (Å²) in [5.41, 5.74) is 1.56. The molecule has 9 heteroatoms. The summed E-state index contributed by atoms with van der Waals surface area (Å²) >= 11 is 1.14. The van der Waals surface area contributed by atoms with Crippen LogP contribution < -0.4 is 25.1 Å². The van der Waals surface area contributed by atoms with Crippen LogP contribution in [-0.2, 0) is 9.53 Å². The van der Waals surface area contributed by atoms with Gasteiger partial charge < -0.3 is 13.9 Å². The second-order valence-corrected chi connectivity index (χ2v) is 9.10. The SMILES string of the molecule is CCOC(=O)C1=C(C)N=c2s/c(=C\c3coc4ccccc4c3=O)c(=O)n2C1c1ccc(OC)cc1. The second kappa shape index (κ2) is 9.43. The van der Waals surface area contributed by atoms with E-state index in [1.807, 2.05) is 0 Å². The van der Waals surface area contributed by atoms with Gasteiger partial charge in [0.15, 0.2) is 10.2 Å². The van der Waals surface area contributed by atoms with Crippen molar-refractivity contribution in [2.75, 3.05) is 13.7 Å². The zero-order valence-corrected chi connectivity index (χ0v) is 20.6. The van der Waals surface area contributed by atoms with E-state index in [0.29, 0.717) is 37.3 Å². The summed E-state index contributed by atoms with van der Waals surface area (Å²) < 4.78 is 17.9. The van der Waals surface area contributed by atoms with Gasteiger partial charge in [-0.15, -0.1) is 0 Å². The monoisotopic (exact) mass is 502 g/mol. The van der Waals surface area contributed by atoms with Gasteiger partial charge in [-0.2, -0.15) is 0 Å². The summed E-state index contributed by atoms with van der Waals surface area (Å²) in [6.07, 6.45) is 2.86. The highest BCUT2D eigenvalue weighted by molar-refractivity contribution is 7.07. The number of carbonyl (C=O) groups excluding carboxylic acids is 1. The maximum absolute atomic E-state index is 13.7. The fourth-order valence-corrected chi connectivity index (χ4v) is 5.26. The van der Waals surface area contributed by atoms with Gasteiger partial charge in [-0.3, -0.25) is 14.2 Å². The average Bonchev–Trinajstić information content (AvgIpc) is 3.19. The summed E-state index contributed by atoms with van der Waals surface area (Å²) in [5, 5.41) is 0.426. The van der Waals surface area contributed by atoms with Crippen LogP contribution in [0.15, 0.2) is 85.1 Å². The molecule has 0 radical (unpaired) electrons. The zero-order valence-electron chi connectivity index (χ0n) is 19.8. The van der Waals surface area contributed by atoms with E-state index in [-0.39, 0.29) is 28.7 Å². The van der Waals surface area contributed by atoms with Gasteiger partial charge in [0.2, 0.25) is 0 Å². The first-order valence-corrected chi connectivity index (χ1v) is 12.1. The van der Waals surface area contributed by atoms with Crippen LogP contribution in [0.5, 0.6) is 5.75 Å². The highest BCUT2D eigenvalue weighted by atomic mass is 32.1. The Hall–Kier alpha value is -4.24. The summed E-state index contributed by atoms with van der Waals surface area (Å²) in [4.78, 5) is 44.6. The van der Waals surface area contributed by atoms with Crippen molar-refractivity contribution in [1.29, 1.82) is 0 Å². The zero-order chi connectivity index (χ0) is 25.4. The third kappa shape index (κ3) is 3.97. The first kappa shape index (κ1) is 23.5. The number of hydrogen-bond donors (Lipinski definition) is 0. The molecular weight excluding hydrogens is 480 g/mol. The number of ether oxygens (including phenoxy) is 2. The lowest BCUT2D eigenvalue weighted by atomic mass is 9.96. The standard InChI is InChI=1S/C27H22N2O6S/c1-4-34-26(32)22-15(2)28-27-29(23(22)16-9-11-18(33-3)12-10-16)25(31)21(36-27)13-17-14-35-20-8-6-5-7-19(20)24(17)30/h5-14,23H,4H2,1-3H3/b21-13-. The number of benzene rings is 2. The minimum atomic E-state index is -0.749. The van der Waals surface area contributed by atoms with Gasteiger partial charge in [-0.25, -0.2) is 9.79 Å². The molecule has 36 heavy (non-hydrogen) atoms. The molecule has 0 spiro atoms. The van der Waals surface area contributed by atoms with Crippen molar-refractivity contribution >= 4 is 34.4 Å². The van der Waals surface area contributed by atoms with Gasteiger partial charge in [-0.1, -0.05) is 35.6 Å². The van der Waals surface area contributed by atoms with Crippen LogP contribution in [0.4, 0.5) is 0 Å². The molecule has 1 unspecified atom stereocenters. The Balaban J connectivity index is 1.73. The summed E-state index contributed by atoms with van der Waals surface area (Å²) in [6, 6.07) is 13.3. The maximum atomic E-state index is 13.7. The van der Waals surface area contributed by atoms with Crippen molar-refractivity contribution in [2.24, 2.45) is 4.99 Å². The van der Waals surface area contributed by atoms with E-state index in [0.717, 1.165) is 11.3 Å². The van der Waals surface area contributed by atoms with E-state index in [1.165, 1.54) is 16.9 Å². The molecule has 0 N–H and O–H groups in total. The molecule has 0 aliphatic carbocycles. The molecule has 182 valence electrons. The quantitative estimate of drug-likeness (QED) is 0.389. The Morgan fingerprint density at radius 1 is 1.17 bits per heavy atom. The number of para-hydroxylation sites is 1. The molecule has 0 fully saturated rings. The lowest BCUT2D eigenvalue weighted by Gasteiger charge is -2.24. The third-order valence-corrected chi connectivity index (χ3v) is 6.92. The number of fused-ring (bicyclic) bond motifs is 2. The number of methoxy groups -OCH3 is 1. The highest BCUT2D eigenvalue weighted by Crippen LogP contribution is 2.31. The van der Waals surface area contributed by atoms with Gasteiger partial charge in [0.25, 0.3) is 5.56 Å². The molecule has 0 amide bonds. The number of nitrogens with zero attached hydrogens (tertiary/aromatic N) is 2. The number of rotatable bonds is 5. The van der Waals surface area contributed by atoms with E-state index >= 15 is 0 Å². The molecule has 2 aromatic carbocycles. The molecule has 3 heterocycles.